The molecule has 152 valence electrons. The lowest BCUT2D eigenvalue weighted by Gasteiger charge is -2.27. The molecule has 1 aromatic carbocycles. The van der Waals surface area contributed by atoms with Crippen LogP contribution in [0, 0.1) is 13.8 Å². The Balaban J connectivity index is 1.81. The number of amides is 2. The van der Waals surface area contributed by atoms with Gasteiger partial charge in [-0.1, -0.05) is 12.1 Å². The fraction of sp³-hybridized carbons (Fsp3) is 0.526. The Hall–Kier alpha value is -2.26. The van der Waals surface area contributed by atoms with Gasteiger partial charge >= 0.3 is 0 Å². The third kappa shape index (κ3) is 4.41. The van der Waals surface area contributed by atoms with E-state index in [1.807, 2.05) is 32.0 Å². The van der Waals surface area contributed by atoms with E-state index in [-0.39, 0.29) is 24.8 Å². The molecule has 3 rings (SSSR count). The van der Waals surface area contributed by atoms with Crippen LogP contribution in [-0.2, 0) is 19.6 Å². The average Bonchev–Trinajstić information content (AvgIpc) is 2.90. The number of anilines is 1. The maximum Gasteiger partial charge on any atom is 0.270 e. The van der Waals surface area contributed by atoms with Gasteiger partial charge in [-0.05, 0) is 37.5 Å². The Morgan fingerprint density at radius 3 is 2.54 bits per heavy atom. The number of hydrazone groups is 1. The van der Waals surface area contributed by atoms with Crippen molar-refractivity contribution in [2.45, 2.75) is 33.1 Å². The van der Waals surface area contributed by atoms with Crippen LogP contribution in [0.5, 0.6) is 0 Å². The van der Waals surface area contributed by atoms with Crippen molar-refractivity contribution in [2.75, 3.05) is 37.4 Å². The molecule has 0 spiro atoms. The molecule has 28 heavy (non-hydrogen) atoms. The summed E-state index contributed by atoms with van der Waals surface area (Å²) in [5.74, 6) is -0.359. The molecule has 2 aliphatic heterocycles. The van der Waals surface area contributed by atoms with Crippen LogP contribution in [0.3, 0.4) is 0 Å². The first-order valence-corrected chi connectivity index (χ1v) is 11.2. The second kappa shape index (κ2) is 8.00. The second-order valence-corrected chi connectivity index (χ2v) is 9.33. The normalized spacial score (nSPS) is 19.4. The van der Waals surface area contributed by atoms with Crippen molar-refractivity contribution in [1.29, 1.82) is 0 Å². The summed E-state index contributed by atoms with van der Waals surface area (Å²) in [4.78, 5) is 27.1. The van der Waals surface area contributed by atoms with Crippen molar-refractivity contribution in [1.82, 2.24) is 9.21 Å². The van der Waals surface area contributed by atoms with Crippen LogP contribution in [0.15, 0.2) is 23.3 Å². The molecule has 2 amide bonds. The molecule has 0 bridgehead atoms. The summed E-state index contributed by atoms with van der Waals surface area (Å²) >= 11 is 0. The fourth-order valence-corrected chi connectivity index (χ4v) is 4.33. The zero-order valence-corrected chi connectivity index (χ0v) is 17.3. The maximum atomic E-state index is 13.0. The van der Waals surface area contributed by atoms with Gasteiger partial charge in [-0.25, -0.2) is 17.7 Å². The van der Waals surface area contributed by atoms with Gasteiger partial charge in [-0.3, -0.25) is 9.59 Å². The molecule has 0 aliphatic carbocycles. The number of hydrogen-bond acceptors (Lipinski definition) is 5. The molecular formula is C19H26N4O4S. The van der Waals surface area contributed by atoms with Crippen molar-refractivity contribution < 1.29 is 18.0 Å². The zero-order chi connectivity index (χ0) is 20.5. The fourth-order valence-electron chi connectivity index (χ4n) is 3.45. The third-order valence-electron chi connectivity index (χ3n) is 5.08. The molecule has 1 aromatic rings. The Morgan fingerprint density at radius 2 is 1.82 bits per heavy atom. The second-order valence-electron chi connectivity index (χ2n) is 7.35. The van der Waals surface area contributed by atoms with E-state index < -0.39 is 10.0 Å². The summed E-state index contributed by atoms with van der Waals surface area (Å²) in [6, 6.07) is 5.78. The van der Waals surface area contributed by atoms with Gasteiger partial charge in [0, 0.05) is 39.0 Å². The molecule has 0 saturated carbocycles. The van der Waals surface area contributed by atoms with Crippen molar-refractivity contribution in [2.24, 2.45) is 5.10 Å². The number of nitrogens with zero attached hydrogens (tertiary/aromatic N) is 4. The zero-order valence-electron chi connectivity index (χ0n) is 16.5. The number of hydrogen-bond donors (Lipinski definition) is 0. The number of aryl methyl sites for hydroxylation is 2. The highest BCUT2D eigenvalue weighted by molar-refractivity contribution is 7.88. The molecule has 0 aromatic heterocycles. The Labute approximate surface area is 165 Å². The van der Waals surface area contributed by atoms with E-state index in [1.54, 1.807) is 4.90 Å². The van der Waals surface area contributed by atoms with Crippen LogP contribution in [-0.4, -0.2) is 67.6 Å². The van der Waals surface area contributed by atoms with E-state index in [0.717, 1.165) is 11.1 Å². The summed E-state index contributed by atoms with van der Waals surface area (Å²) in [5.41, 5.74) is 2.95. The predicted octanol–water partition coefficient (Wildman–Crippen LogP) is 1.28. The predicted molar refractivity (Wildman–Crippen MR) is 108 cm³/mol. The molecule has 9 heteroatoms. The molecule has 0 atom stereocenters. The molecule has 2 aliphatic rings. The first kappa shape index (κ1) is 20.5. The number of carbonyl (C=O) groups is 2. The molecule has 8 nitrogen and oxygen atoms in total. The van der Waals surface area contributed by atoms with E-state index in [0.29, 0.717) is 43.9 Å². The van der Waals surface area contributed by atoms with Crippen LogP contribution in [0.2, 0.25) is 0 Å². The van der Waals surface area contributed by atoms with Crippen molar-refractivity contribution in [3.63, 3.8) is 0 Å². The van der Waals surface area contributed by atoms with Crippen LogP contribution in [0.4, 0.5) is 5.69 Å². The van der Waals surface area contributed by atoms with Gasteiger partial charge < -0.3 is 4.90 Å². The molecule has 0 N–H and O–H groups in total. The Kier molecular flexibility index (Phi) is 5.85. The van der Waals surface area contributed by atoms with Gasteiger partial charge in [0.2, 0.25) is 15.9 Å². The smallest absolute Gasteiger partial charge is 0.270 e. The highest BCUT2D eigenvalue weighted by atomic mass is 32.2. The van der Waals surface area contributed by atoms with Crippen molar-refractivity contribution in [3.05, 3.63) is 29.3 Å². The van der Waals surface area contributed by atoms with Crippen molar-refractivity contribution >= 4 is 33.2 Å². The lowest BCUT2D eigenvalue weighted by molar-refractivity contribution is -0.124. The summed E-state index contributed by atoms with van der Waals surface area (Å²) in [6.45, 7) is 5.32. The highest BCUT2D eigenvalue weighted by Crippen LogP contribution is 2.26. The number of carbonyl (C=O) groups excluding carboxylic acids is 2. The van der Waals surface area contributed by atoms with E-state index in [1.165, 1.54) is 15.6 Å². The summed E-state index contributed by atoms with van der Waals surface area (Å²) < 4.78 is 24.9. The van der Waals surface area contributed by atoms with E-state index in [9.17, 15) is 18.0 Å². The van der Waals surface area contributed by atoms with Crippen LogP contribution in [0.1, 0.15) is 30.4 Å². The van der Waals surface area contributed by atoms with Crippen LogP contribution in [0.25, 0.3) is 0 Å². The van der Waals surface area contributed by atoms with E-state index >= 15 is 0 Å². The number of rotatable bonds is 3. The summed E-state index contributed by atoms with van der Waals surface area (Å²) in [6.07, 6.45) is 2.28. The third-order valence-corrected chi connectivity index (χ3v) is 6.39. The Bertz CT molecular complexity index is 926. The monoisotopic (exact) mass is 406 g/mol. The first-order valence-electron chi connectivity index (χ1n) is 9.39. The van der Waals surface area contributed by atoms with Crippen LogP contribution < -0.4 is 5.01 Å². The van der Waals surface area contributed by atoms with Gasteiger partial charge in [0.25, 0.3) is 5.91 Å². The Morgan fingerprint density at radius 1 is 1.07 bits per heavy atom. The van der Waals surface area contributed by atoms with Gasteiger partial charge in [0.15, 0.2) is 0 Å². The van der Waals surface area contributed by atoms with Gasteiger partial charge in [0.05, 0.1) is 11.9 Å². The maximum absolute atomic E-state index is 13.0. The van der Waals surface area contributed by atoms with E-state index in [2.05, 4.69) is 5.10 Å². The quantitative estimate of drug-likeness (QED) is 0.756. The SMILES string of the molecule is Cc1ccc(C)c(N2N=C(C(=O)N3CCCN(S(C)(=O)=O)CC3)CCC2=O)c1. The summed E-state index contributed by atoms with van der Waals surface area (Å²) in [7, 11) is -3.27. The lowest BCUT2D eigenvalue weighted by atomic mass is 10.1. The standard InChI is InChI=1S/C19H26N4O4S/c1-14-5-6-15(2)17(13-14)23-18(24)8-7-16(20-23)19(25)21-9-4-10-22(12-11-21)28(3,26)27/h5-6,13H,4,7-12H2,1-3H3. The molecule has 1 fully saturated rings. The minimum Gasteiger partial charge on any atom is -0.336 e. The number of sulfonamides is 1. The largest absolute Gasteiger partial charge is 0.336 e. The molecule has 0 radical (unpaired) electrons. The first-order chi connectivity index (χ1) is 13.2. The molecule has 2 heterocycles. The van der Waals surface area contributed by atoms with Crippen LogP contribution >= 0.6 is 0 Å². The highest BCUT2D eigenvalue weighted by Gasteiger charge is 2.31. The lowest BCUT2D eigenvalue weighted by Crippen LogP contribution is -2.43. The molecule has 0 unspecified atom stereocenters. The minimum atomic E-state index is -3.27. The number of benzene rings is 1. The van der Waals surface area contributed by atoms with Crippen molar-refractivity contribution in [3.8, 4) is 0 Å². The summed E-state index contributed by atoms with van der Waals surface area (Å²) in [5, 5.41) is 5.72. The van der Waals surface area contributed by atoms with E-state index in [4.69, 9.17) is 0 Å². The average molecular weight is 407 g/mol. The van der Waals surface area contributed by atoms with Gasteiger partial charge in [-0.2, -0.15) is 5.10 Å². The van der Waals surface area contributed by atoms with Gasteiger partial charge in [0.1, 0.15) is 5.71 Å². The minimum absolute atomic E-state index is 0.135. The molecular weight excluding hydrogens is 380 g/mol. The van der Waals surface area contributed by atoms with Gasteiger partial charge in [-0.15, -0.1) is 0 Å². The topological polar surface area (TPSA) is 90.4 Å². The molecule has 1 saturated heterocycles.